The molecule has 0 saturated carbocycles. The maximum absolute atomic E-state index is 10.5. The van der Waals surface area contributed by atoms with Gasteiger partial charge in [0.1, 0.15) is 54.5 Å². The third kappa shape index (κ3) is 3.86. The summed E-state index contributed by atoms with van der Waals surface area (Å²) in [6, 6.07) is 0. The van der Waals surface area contributed by atoms with Crippen molar-refractivity contribution in [2.45, 2.75) is 49.1 Å². The second-order valence-corrected chi connectivity index (χ2v) is 7.65. The maximum atomic E-state index is 10.5. The van der Waals surface area contributed by atoms with Gasteiger partial charge in [-0.25, -0.2) is 15.9 Å². The highest BCUT2D eigenvalue weighted by atomic mass is 16.6. The maximum Gasteiger partial charge on any atom is 0.165 e. The van der Waals surface area contributed by atoms with Gasteiger partial charge in [0.05, 0.1) is 32.8 Å². The van der Waals surface area contributed by atoms with E-state index in [4.69, 9.17) is 25.8 Å². The third-order valence-corrected chi connectivity index (χ3v) is 5.80. The number of aliphatic hydroxyl groups is 5. The van der Waals surface area contributed by atoms with Crippen LogP contribution in [0.3, 0.4) is 0 Å². The van der Waals surface area contributed by atoms with Crippen LogP contribution in [0.25, 0.3) is 5.82 Å². The van der Waals surface area contributed by atoms with Crippen LogP contribution in [0.1, 0.15) is 6.23 Å². The monoisotopic (exact) mass is 460 g/mol. The van der Waals surface area contributed by atoms with Gasteiger partial charge in [-0.15, -0.1) is 0 Å². The van der Waals surface area contributed by atoms with Crippen molar-refractivity contribution < 1.29 is 44.6 Å². The van der Waals surface area contributed by atoms with Gasteiger partial charge in [-0.2, -0.15) is 0 Å². The predicted molar refractivity (Wildman–Crippen MR) is 102 cm³/mol. The van der Waals surface area contributed by atoms with Gasteiger partial charge >= 0.3 is 0 Å². The molecule has 180 valence electrons. The van der Waals surface area contributed by atoms with Gasteiger partial charge in [0.2, 0.25) is 0 Å². The molecule has 2 fully saturated rings. The number of ether oxygens (including phenoxy) is 3. The molecule has 32 heavy (non-hydrogen) atoms. The van der Waals surface area contributed by atoms with E-state index in [1.165, 1.54) is 15.8 Å². The van der Waals surface area contributed by atoms with Gasteiger partial charge in [-0.05, 0) is 0 Å². The fraction of sp³-hybridized carbons (Fsp3) is 0.765. The van der Waals surface area contributed by atoms with Crippen LogP contribution in [0.4, 0.5) is 0 Å². The quantitative estimate of drug-likeness (QED) is 0.142. The minimum Gasteiger partial charge on any atom is -0.394 e. The molecule has 0 aromatic carbocycles. The number of aromatic nitrogens is 2. The van der Waals surface area contributed by atoms with Crippen molar-refractivity contribution in [2.75, 3.05) is 33.1 Å². The Morgan fingerprint density at radius 3 is 2.38 bits per heavy atom. The summed E-state index contributed by atoms with van der Waals surface area (Å²) in [5.41, 5.74) is 6.64. The number of nitrogens with two attached hydrogens (primary N) is 2. The molecule has 1 aromatic rings. The predicted octanol–water partition coefficient (Wildman–Crippen LogP) is -6.23. The van der Waals surface area contributed by atoms with Crippen molar-refractivity contribution in [1.82, 2.24) is 14.5 Å². The zero-order valence-electron chi connectivity index (χ0n) is 17.0. The molecule has 2 saturated heterocycles. The molecule has 3 aliphatic rings. The van der Waals surface area contributed by atoms with Crippen molar-refractivity contribution >= 4 is 5.82 Å². The number of hydrogen-bond acceptors (Lipinski definition) is 14. The van der Waals surface area contributed by atoms with Crippen molar-refractivity contribution in [3.63, 3.8) is 0 Å². The van der Waals surface area contributed by atoms with Crippen LogP contribution < -0.4 is 22.5 Å². The van der Waals surface area contributed by atoms with Crippen LogP contribution >= 0.6 is 0 Å². The fourth-order valence-corrected chi connectivity index (χ4v) is 4.09. The van der Waals surface area contributed by atoms with E-state index >= 15 is 0 Å². The smallest absolute Gasteiger partial charge is 0.165 e. The number of aliphatic hydroxyl groups excluding tert-OH is 5. The van der Waals surface area contributed by atoms with E-state index in [0.29, 0.717) is 5.49 Å². The lowest BCUT2D eigenvalue weighted by Gasteiger charge is -2.33. The first-order valence-electron chi connectivity index (χ1n) is 10.1. The SMILES string of the molecule is NOCCO[C@@H]1[C@H](O)[C@@H](CO)O[C@H]1N1CN=c2c(ncn2[C@@H]2O[C@H](CO)[C@@H](O)[C@H]2O)=C1N. The number of hydrogen-bond donors (Lipinski definition) is 7. The Bertz CT molecular complexity index is 915. The summed E-state index contributed by atoms with van der Waals surface area (Å²) in [6.45, 7) is -0.744. The first-order chi connectivity index (χ1) is 15.4. The molecule has 0 aliphatic carbocycles. The van der Waals surface area contributed by atoms with Gasteiger partial charge in [0.15, 0.2) is 17.9 Å². The summed E-state index contributed by atoms with van der Waals surface area (Å²) in [6.07, 6.45) is -6.97. The Balaban J connectivity index is 1.62. The topological polar surface area (TPSA) is 224 Å². The first kappa shape index (κ1) is 23.2. The minimum absolute atomic E-state index is 0.0118. The standard InChI is InChI=1S/C17H28N6O9/c18-14-9-15(23(5-20-9)16-12(28)10(26)7(3-24)31-16)21-6-22(14)17-13(29-1-2-30-19)11(27)8(4-25)32-17/h5,7-8,10-13,16-17,24-28H,1-4,6,18-19H2/t7-,8-,10-,11-,12-,13-,16-,17-/m1/s1. The molecular weight excluding hydrogens is 432 g/mol. The van der Waals surface area contributed by atoms with Crippen LogP contribution in [-0.4, -0.2) is 116 Å². The van der Waals surface area contributed by atoms with Crippen LogP contribution in [-0.2, 0) is 19.0 Å². The molecule has 0 bridgehead atoms. The Hall–Kier alpha value is -1.92. The fourth-order valence-electron chi connectivity index (χ4n) is 4.09. The number of nitrogens with zero attached hydrogens (tertiary/aromatic N) is 4. The molecular formula is C17H28N6O9. The highest BCUT2D eigenvalue weighted by Gasteiger charge is 2.48. The van der Waals surface area contributed by atoms with E-state index in [-0.39, 0.29) is 31.1 Å². The van der Waals surface area contributed by atoms with Crippen molar-refractivity contribution in [3.8, 4) is 0 Å². The number of imidazole rings is 1. The van der Waals surface area contributed by atoms with Crippen molar-refractivity contribution in [2.24, 2.45) is 16.6 Å². The van der Waals surface area contributed by atoms with E-state index in [1.54, 1.807) is 0 Å². The molecule has 15 heteroatoms. The second kappa shape index (κ2) is 9.52. The van der Waals surface area contributed by atoms with E-state index in [0.717, 1.165) is 0 Å². The number of rotatable bonds is 8. The summed E-state index contributed by atoms with van der Waals surface area (Å²) in [7, 11) is 0. The Morgan fingerprint density at radius 2 is 1.72 bits per heavy atom. The molecule has 3 aliphatic heterocycles. The molecule has 9 N–H and O–H groups in total. The van der Waals surface area contributed by atoms with Crippen molar-refractivity contribution in [1.29, 1.82) is 0 Å². The van der Waals surface area contributed by atoms with Crippen LogP contribution in [0.15, 0.2) is 11.3 Å². The molecule has 0 amide bonds. The zero-order valence-corrected chi connectivity index (χ0v) is 17.0. The van der Waals surface area contributed by atoms with Gasteiger partial charge in [0, 0.05) is 0 Å². The average Bonchev–Trinajstić information content (AvgIpc) is 3.44. The molecule has 4 rings (SSSR count). The molecule has 15 nitrogen and oxygen atoms in total. The van der Waals surface area contributed by atoms with Gasteiger partial charge < -0.3 is 55.2 Å². The Kier molecular flexibility index (Phi) is 6.91. The lowest BCUT2D eigenvalue weighted by molar-refractivity contribution is -0.101. The molecule has 1 aromatic heterocycles. The second-order valence-electron chi connectivity index (χ2n) is 7.65. The summed E-state index contributed by atoms with van der Waals surface area (Å²) >= 11 is 0. The highest BCUT2D eigenvalue weighted by Crippen LogP contribution is 2.29. The van der Waals surface area contributed by atoms with E-state index in [9.17, 15) is 25.5 Å². The van der Waals surface area contributed by atoms with Gasteiger partial charge in [0.25, 0.3) is 0 Å². The van der Waals surface area contributed by atoms with Crippen LogP contribution in [0, 0.1) is 0 Å². The lowest BCUT2D eigenvalue weighted by atomic mass is 10.1. The molecule has 4 heterocycles. The lowest BCUT2D eigenvalue weighted by Crippen LogP contribution is -2.53. The third-order valence-electron chi connectivity index (χ3n) is 5.80. The largest absolute Gasteiger partial charge is 0.394 e. The first-order valence-corrected chi connectivity index (χ1v) is 10.1. The summed E-state index contributed by atoms with van der Waals surface area (Å²) < 4.78 is 18.4. The Morgan fingerprint density at radius 1 is 1.03 bits per heavy atom. The van der Waals surface area contributed by atoms with E-state index < -0.39 is 62.3 Å². The highest BCUT2D eigenvalue weighted by molar-refractivity contribution is 5.37. The van der Waals surface area contributed by atoms with Gasteiger partial charge in [-0.1, -0.05) is 0 Å². The summed E-state index contributed by atoms with van der Waals surface area (Å²) in [5, 5.41) is 49.9. The van der Waals surface area contributed by atoms with Crippen LogP contribution in [0.5, 0.6) is 0 Å². The molecule has 0 radical (unpaired) electrons. The van der Waals surface area contributed by atoms with E-state index in [2.05, 4.69) is 14.8 Å². The number of fused-ring (bicyclic) bond motifs is 1. The summed E-state index contributed by atoms with van der Waals surface area (Å²) in [4.78, 5) is 14.7. The van der Waals surface area contributed by atoms with Crippen molar-refractivity contribution in [3.05, 3.63) is 17.2 Å². The average molecular weight is 460 g/mol. The van der Waals surface area contributed by atoms with Gasteiger partial charge in [-0.3, -0.25) is 4.57 Å². The minimum atomic E-state index is -1.30. The van der Waals surface area contributed by atoms with Crippen LogP contribution in [0.2, 0.25) is 0 Å². The van der Waals surface area contributed by atoms with E-state index in [1.807, 2.05) is 0 Å². The molecule has 8 atom stereocenters. The normalized spacial score (nSPS) is 37.1. The zero-order chi connectivity index (χ0) is 23.0. The Labute approximate surface area is 181 Å². The summed E-state index contributed by atoms with van der Waals surface area (Å²) in [5.74, 6) is 5.18. The molecule has 0 unspecified atom stereocenters. The molecule has 0 spiro atoms.